The van der Waals surface area contributed by atoms with Crippen LogP contribution in [0.5, 0.6) is 0 Å². The van der Waals surface area contributed by atoms with Gasteiger partial charge < -0.3 is 9.52 Å². The molecule has 1 heterocycles. The highest BCUT2D eigenvalue weighted by Crippen LogP contribution is 2.23. The Morgan fingerprint density at radius 1 is 1.57 bits per heavy atom. The van der Waals surface area contributed by atoms with Gasteiger partial charge in [0, 0.05) is 6.42 Å². The number of halogens is 3. The lowest BCUT2D eigenvalue weighted by Crippen LogP contribution is -2.30. The van der Waals surface area contributed by atoms with Crippen molar-refractivity contribution in [3.05, 3.63) is 24.2 Å². The fourth-order valence-electron chi connectivity index (χ4n) is 0.829. The zero-order valence-electron chi connectivity index (χ0n) is 6.91. The van der Waals surface area contributed by atoms with E-state index in [0.717, 1.165) is 0 Å². The van der Waals surface area contributed by atoms with Gasteiger partial charge in [0.1, 0.15) is 0 Å². The normalized spacial score (nSPS) is 14.0. The third-order valence-corrected chi connectivity index (χ3v) is 1.55. The van der Waals surface area contributed by atoms with Gasteiger partial charge in [0.15, 0.2) is 11.9 Å². The summed E-state index contributed by atoms with van der Waals surface area (Å²) in [7, 11) is 0. The van der Waals surface area contributed by atoms with Crippen LogP contribution < -0.4 is 0 Å². The van der Waals surface area contributed by atoms with E-state index in [1.807, 2.05) is 0 Å². The summed E-state index contributed by atoms with van der Waals surface area (Å²) in [5.41, 5.74) is 0. The molecule has 0 bridgehead atoms. The van der Waals surface area contributed by atoms with Crippen molar-refractivity contribution in [2.45, 2.75) is 18.7 Å². The minimum atomic E-state index is -4.78. The fraction of sp³-hybridized carbons (Fsp3) is 0.375. The molecule has 1 aromatic heterocycles. The molecule has 0 aliphatic rings. The van der Waals surface area contributed by atoms with E-state index in [0.29, 0.717) is 0 Å². The average molecular weight is 208 g/mol. The van der Waals surface area contributed by atoms with Crippen LogP contribution in [0.4, 0.5) is 13.2 Å². The third-order valence-electron chi connectivity index (χ3n) is 1.55. The molecule has 1 rings (SSSR count). The van der Waals surface area contributed by atoms with Crippen LogP contribution in [0, 0.1) is 0 Å². The first-order valence-corrected chi connectivity index (χ1v) is 3.72. The molecule has 1 N–H and O–H groups in total. The van der Waals surface area contributed by atoms with Gasteiger partial charge in [0.25, 0.3) is 0 Å². The van der Waals surface area contributed by atoms with Gasteiger partial charge in [-0.2, -0.15) is 13.2 Å². The van der Waals surface area contributed by atoms with E-state index in [-0.39, 0.29) is 5.76 Å². The van der Waals surface area contributed by atoms with Crippen molar-refractivity contribution >= 4 is 5.78 Å². The molecule has 0 aliphatic heterocycles. The van der Waals surface area contributed by atoms with E-state index in [2.05, 4.69) is 4.42 Å². The van der Waals surface area contributed by atoms with Crippen molar-refractivity contribution in [2.24, 2.45) is 0 Å². The smallest absolute Gasteiger partial charge is 0.414 e. The summed E-state index contributed by atoms with van der Waals surface area (Å²) in [6.45, 7) is 0. The van der Waals surface area contributed by atoms with Gasteiger partial charge in [-0.05, 0) is 12.1 Å². The number of furan rings is 1. The minimum Gasteiger partial charge on any atom is -0.461 e. The van der Waals surface area contributed by atoms with Gasteiger partial charge in [0.05, 0.1) is 6.26 Å². The van der Waals surface area contributed by atoms with Crippen molar-refractivity contribution < 1.29 is 27.5 Å². The maximum atomic E-state index is 11.8. The molecule has 1 unspecified atom stereocenters. The Kier molecular flexibility index (Phi) is 2.95. The maximum absolute atomic E-state index is 11.8. The topological polar surface area (TPSA) is 50.4 Å². The van der Waals surface area contributed by atoms with E-state index in [4.69, 9.17) is 5.11 Å². The molecule has 0 amide bonds. The summed E-state index contributed by atoms with van der Waals surface area (Å²) in [5, 5.41) is 8.57. The molecule has 0 spiro atoms. The molecular formula is C8H7F3O3. The second-order valence-electron chi connectivity index (χ2n) is 2.66. The Balaban J connectivity index is 2.58. The van der Waals surface area contributed by atoms with Gasteiger partial charge in [-0.25, -0.2) is 0 Å². The second kappa shape index (κ2) is 3.83. The molecule has 0 aromatic carbocycles. The van der Waals surface area contributed by atoms with E-state index in [9.17, 15) is 18.0 Å². The minimum absolute atomic E-state index is 0.187. The molecule has 6 heteroatoms. The Labute approximate surface area is 77.1 Å². The highest BCUT2D eigenvalue weighted by atomic mass is 19.4. The predicted octanol–water partition coefficient (Wildman–Crippen LogP) is 1.78. The highest BCUT2D eigenvalue weighted by molar-refractivity contribution is 5.93. The molecule has 1 atom stereocenters. The quantitative estimate of drug-likeness (QED) is 0.770. The zero-order chi connectivity index (χ0) is 10.8. The van der Waals surface area contributed by atoms with Gasteiger partial charge in [-0.3, -0.25) is 4.79 Å². The number of ketones is 1. The predicted molar refractivity (Wildman–Crippen MR) is 39.7 cm³/mol. The molecule has 0 aliphatic carbocycles. The number of rotatable bonds is 3. The van der Waals surface area contributed by atoms with Crippen molar-refractivity contribution in [1.82, 2.24) is 0 Å². The molecular weight excluding hydrogens is 201 g/mol. The lowest BCUT2D eigenvalue weighted by molar-refractivity contribution is -0.202. The van der Waals surface area contributed by atoms with Crippen molar-refractivity contribution in [1.29, 1.82) is 0 Å². The average Bonchev–Trinajstić information content (AvgIpc) is 2.53. The second-order valence-corrected chi connectivity index (χ2v) is 2.66. The molecule has 1 aromatic rings. The van der Waals surface area contributed by atoms with Gasteiger partial charge in [0.2, 0.25) is 5.78 Å². The van der Waals surface area contributed by atoms with Gasteiger partial charge >= 0.3 is 6.18 Å². The van der Waals surface area contributed by atoms with Crippen LogP contribution in [-0.4, -0.2) is 23.2 Å². The fourth-order valence-corrected chi connectivity index (χ4v) is 0.829. The summed E-state index contributed by atoms with van der Waals surface area (Å²) < 4.78 is 40.0. The lowest BCUT2D eigenvalue weighted by atomic mass is 10.1. The number of carbonyl (C=O) groups excluding carboxylic acids is 1. The molecule has 78 valence electrons. The van der Waals surface area contributed by atoms with E-state index in [1.54, 1.807) is 0 Å². The monoisotopic (exact) mass is 208 g/mol. The van der Waals surface area contributed by atoms with Crippen molar-refractivity contribution in [3.63, 3.8) is 0 Å². The Hall–Kier alpha value is -1.30. The summed E-state index contributed by atoms with van der Waals surface area (Å²) >= 11 is 0. The first-order chi connectivity index (χ1) is 6.41. The standard InChI is InChI=1S/C8H7F3O3/c9-8(10,11)7(13)4-5(12)6-2-1-3-14-6/h1-3,7,13H,4H2. The Morgan fingerprint density at radius 2 is 2.21 bits per heavy atom. The molecule has 0 radical (unpaired) electrons. The summed E-state index contributed by atoms with van der Waals surface area (Å²) in [6.07, 6.45) is -7.26. The number of hydrogen-bond acceptors (Lipinski definition) is 3. The number of Topliss-reactive ketones (excluding diaryl/α,β-unsaturated/α-hetero) is 1. The third kappa shape index (κ3) is 2.59. The van der Waals surface area contributed by atoms with Crippen LogP contribution >= 0.6 is 0 Å². The van der Waals surface area contributed by atoms with Crippen LogP contribution in [0.3, 0.4) is 0 Å². The van der Waals surface area contributed by atoms with Crippen LogP contribution in [-0.2, 0) is 0 Å². The van der Waals surface area contributed by atoms with Crippen LogP contribution in [0.2, 0.25) is 0 Å². The van der Waals surface area contributed by atoms with Gasteiger partial charge in [-0.1, -0.05) is 0 Å². The Bertz CT molecular complexity index is 302. The highest BCUT2D eigenvalue weighted by Gasteiger charge is 2.39. The van der Waals surface area contributed by atoms with Crippen molar-refractivity contribution in [3.8, 4) is 0 Å². The number of hydrogen-bond donors (Lipinski definition) is 1. The zero-order valence-corrected chi connectivity index (χ0v) is 6.91. The number of aliphatic hydroxyl groups excluding tert-OH is 1. The molecule has 0 saturated carbocycles. The van der Waals surface area contributed by atoms with E-state index in [1.165, 1.54) is 18.4 Å². The van der Waals surface area contributed by atoms with Crippen LogP contribution in [0.15, 0.2) is 22.8 Å². The number of aliphatic hydroxyl groups is 1. The number of carbonyl (C=O) groups is 1. The van der Waals surface area contributed by atoms with E-state index < -0.39 is 24.5 Å². The molecule has 0 fully saturated rings. The summed E-state index contributed by atoms with van der Waals surface area (Å²) in [6, 6.07) is 2.62. The van der Waals surface area contributed by atoms with Crippen molar-refractivity contribution in [2.75, 3.05) is 0 Å². The van der Waals surface area contributed by atoms with E-state index >= 15 is 0 Å². The molecule has 3 nitrogen and oxygen atoms in total. The maximum Gasteiger partial charge on any atom is 0.414 e. The molecule has 14 heavy (non-hydrogen) atoms. The number of alkyl halides is 3. The molecule has 0 saturated heterocycles. The SMILES string of the molecule is O=C(CC(O)C(F)(F)F)c1ccco1. The van der Waals surface area contributed by atoms with Crippen LogP contribution in [0.1, 0.15) is 17.0 Å². The largest absolute Gasteiger partial charge is 0.461 e. The van der Waals surface area contributed by atoms with Gasteiger partial charge in [-0.15, -0.1) is 0 Å². The first-order valence-electron chi connectivity index (χ1n) is 3.72. The summed E-state index contributed by atoms with van der Waals surface area (Å²) in [5.74, 6) is -1.06. The lowest BCUT2D eigenvalue weighted by Gasteiger charge is -2.12. The summed E-state index contributed by atoms with van der Waals surface area (Å²) in [4.78, 5) is 11.0. The Morgan fingerprint density at radius 3 is 2.64 bits per heavy atom. The first kappa shape index (κ1) is 10.8. The van der Waals surface area contributed by atoms with Crippen LogP contribution in [0.25, 0.3) is 0 Å².